The smallest absolute Gasteiger partial charge is 0.0839 e. The molecule has 1 rings (SSSR count). The molecule has 1 fully saturated rings. The zero-order chi connectivity index (χ0) is 5.98. The van der Waals surface area contributed by atoms with Crippen molar-refractivity contribution in [2.24, 2.45) is 0 Å². The van der Waals surface area contributed by atoms with Gasteiger partial charge >= 0.3 is 0 Å². The molecule has 0 amide bonds. The van der Waals surface area contributed by atoms with Crippen LogP contribution in [0.3, 0.4) is 0 Å². The SMILES string of the molecule is CCCC[C@@H]1OC1C. The highest BCUT2D eigenvalue weighted by Gasteiger charge is 2.32. The lowest BCUT2D eigenvalue weighted by Crippen LogP contribution is -1.87. The van der Waals surface area contributed by atoms with E-state index in [0.717, 1.165) is 0 Å². The third-order valence-corrected chi connectivity index (χ3v) is 1.68. The van der Waals surface area contributed by atoms with E-state index in [4.69, 9.17) is 4.74 Å². The van der Waals surface area contributed by atoms with E-state index in [1.807, 2.05) is 0 Å². The minimum atomic E-state index is 0.571. The van der Waals surface area contributed by atoms with E-state index < -0.39 is 0 Å². The molecule has 8 heavy (non-hydrogen) atoms. The molecule has 1 heterocycles. The Balaban J connectivity index is 1.89. The first-order valence-electron chi connectivity index (χ1n) is 3.50. The van der Waals surface area contributed by atoms with E-state index in [-0.39, 0.29) is 0 Å². The van der Waals surface area contributed by atoms with Gasteiger partial charge in [-0.1, -0.05) is 19.8 Å². The second-order valence-electron chi connectivity index (χ2n) is 2.52. The minimum absolute atomic E-state index is 0.571. The summed E-state index contributed by atoms with van der Waals surface area (Å²) in [4.78, 5) is 0. The Bertz CT molecular complexity index is 70.8. The van der Waals surface area contributed by atoms with Crippen molar-refractivity contribution in [3.8, 4) is 0 Å². The lowest BCUT2D eigenvalue weighted by atomic mass is 10.2. The molecule has 48 valence electrons. The van der Waals surface area contributed by atoms with Gasteiger partial charge in [0.05, 0.1) is 12.2 Å². The number of rotatable bonds is 3. The van der Waals surface area contributed by atoms with Crippen molar-refractivity contribution in [1.82, 2.24) is 0 Å². The first-order valence-corrected chi connectivity index (χ1v) is 3.50. The molecule has 0 bridgehead atoms. The monoisotopic (exact) mass is 114 g/mol. The topological polar surface area (TPSA) is 12.5 Å². The molecule has 1 nitrogen and oxygen atoms in total. The van der Waals surface area contributed by atoms with E-state index in [0.29, 0.717) is 12.2 Å². The average Bonchev–Trinajstić information content (AvgIpc) is 2.42. The summed E-state index contributed by atoms with van der Waals surface area (Å²) in [5, 5.41) is 0. The zero-order valence-corrected chi connectivity index (χ0v) is 5.68. The van der Waals surface area contributed by atoms with Crippen LogP contribution in [0.15, 0.2) is 0 Å². The maximum atomic E-state index is 5.22. The summed E-state index contributed by atoms with van der Waals surface area (Å²) in [5.41, 5.74) is 0. The quantitative estimate of drug-likeness (QED) is 0.511. The van der Waals surface area contributed by atoms with Gasteiger partial charge in [-0.3, -0.25) is 0 Å². The summed E-state index contributed by atoms with van der Waals surface area (Å²) >= 11 is 0. The molecule has 1 aliphatic heterocycles. The average molecular weight is 114 g/mol. The Kier molecular flexibility index (Phi) is 1.90. The summed E-state index contributed by atoms with van der Waals surface area (Å²) in [7, 11) is 0. The lowest BCUT2D eigenvalue weighted by Gasteiger charge is -1.87. The van der Waals surface area contributed by atoms with Crippen molar-refractivity contribution in [1.29, 1.82) is 0 Å². The second kappa shape index (κ2) is 2.49. The maximum absolute atomic E-state index is 5.22. The molecule has 2 atom stereocenters. The third kappa shape index (κ3) is 1.48. The highest BCUT2D eigenvalue weighted by molar-refractivity contribution is 4.79. The van der Waals surface area contributed by atoms with Gasteiger partial charge in [-0.25, -0.2) is 0 Å². The molecule has 0 aliphatic carbocycles. The number of unbranched alkanes of at least 4 members (excludes halogenated alkanes) is 1. The third-order valence-electron chi connectivity index (χ3n) is 1.68. The van der Waals surface area contributed by atoms with E-state index in [2.05, 4.69) is 13.8 Å². The van der Waals surface area contributed by atoms with E-state index >= 15 is 0 Å². The number of ether oxygens (including phenoxy) is 1. The van der Waals surface area contributed by atoms with E-state index in [1.165, 1.54) is 19.3 Å². The molecule has 0 spiro atoms. The zero-order valence-electron chi connectivity index (χ0n) is 5.68. The van der Waals surface area contributed by atoms with Crippen LogP contribution >= 0.6 is 0 Å². The van der Waals surface area contributed by atoms with Crippen LogP contribution in [0, 0.1) is 0 Å². The van der Waals surface area contributed by atoms with Gasteiger partial charge in [-0.15, -0.1) is 0 Å². The molecule has 1 aliphatic rings. The molecule has 0 aromatic carbocycles. The summed E-state index contributed by atoms with van der Waals surface area (Å²) in [5.74, 6) is 0. The Morgan fingerprint density at radius 2 is 2.12 bits per heavy atom. The fourth-order valence-electron chi connectivity index (χ4n) is 0.938. The highest BCUT2D eigenvalue weighted by Crippen LogP contribution is 2.25. The van der Waals surface area contributed by atoms with Crippen molar-refractivity contribution in [2.75, 3.05) is 0 Å². The van der Waals surface area contributed by atoms with Crippen LogP contribution in [-0.2, 0) is 4.74 Å². The van der Waals surface area contributed by atoms with Crippen LogP contribution in [0.2, 0.25) is 0 Å². The molecule has 1 heteroatoms. The Hall–Kier alpha value is -0.0400. The number of hydrogen-bond acceptors (Lipinski definition) is 1. The van der Waals surface area contributed by atoms with Crippen molar-refractivity contribution in [3.05, 3.63) is 0 Å². The van der Waals surface area contributed by atoms with E-state index in [1.54, 1.807) is 0 Å². The summed E-state index contributed by atoms with van der Waals surface area (Å²) in [6.45, 7) is 4.35. The van der Waals surface area contributed by atoms with Crippen molar-refractivity contribution in [2.45, 2.75) is 45.3 Å². The van der Waals surface area contributed by atoms with Crippen LogP contribution in [0.5, 0.6) is 0 Å². The molecule has 0 N–H and O–H groups in total. The highest BCUT2D eigenvalue weighted by atomic mass is 16.6. The van der Waals surface area contributed by atoms with Gasteiger partial charge in [0.25, 0.3) is 0 Å². The van der Waals surface area contributed by atoms with Crippen molar-refractivity contribution >= 4 is 0 Å². The van der Waals surface area contributed by atoms with Crippen LogP contribution in [0.1, 0.15) is 33.1 Å². The predicted octanol–water partition coefficient (Wildman–Crippen LogP) is 1.96. The van der Waals surface area contributed by atoms with Gasteiger partial charge in [-0.05, 0) is 13.3 Å². The second-order valence-corrected chi connectivity index (χ2v) is 2.52. The summed E-state index contributed by atoms with van der Waals surface area (Å²) in [6, 6.07) is 0. The molecule has 1 saturated heterocycles. The maximum Gasteiger partial charge on any atom is 0.0839 e. The van der Waals surface area contributed by atoms with Crippen LogP contribution < -0.4 is 0 Å². The largest absolute Gasteiger partial charge is 0.370 e. The van der Waals surface area contributed by atoms with Crippen molar-refractivity contribution < 1.29 is 4.74 Å². The Morgan fingerprint density at radius 1 is 1.50 bits per heavy atom. The molecule has 0 saturated carbocycles. The number of epoxide rings is 1. The molecule has 0 aromatic rings. The molecular weight excluding hydrogens is 100 g/mol. The predicted molar refractivity (Wildman–Crippen MR) is 33.9 cm³/mol. The van der Waals surface area contributed by atoms with Crippen molar-refractivity contribution in [3.63, 3.8) is 0 Å². The van der Waals surface area contributed by atoms with Gasteiger partial charge in [0, 0.05) is 0 Å². The van der Waals surface area contributed by atoms with E-state index in [9.17, 15) is 0 Å². The van der Waals surface area contributed by atoms with Crippen LogP contribution in [0.4, 0.5) is 0 Å². The van der Waals surface area contributed by atoms with Gasteiger partial charge in [0.15, 0.2) is 0 Å². The Morgan fingerprint density at radius 3 is 2.50 bits per heavy atom. The van der Waals surface area contributed by atoms with Gasteiger partial charge in [-0.2, -0.15) is 0 Å². The van der Waals surface area contributed by atoms with Crippen LogP contribution in [-0.4, -0.2) is 12.2 Å². The normalized spacial score (nSPS) is 35.2. The summed E-state index contributed by atoms with van der Waals surface area (Å²) < 4.78 is 5.22. The molecule has 0 aromatic heterocycles. The minimum Gasteiger partial charge on any atom is -0.370 e. The first kappa shape index (κ1) is 6.09. The molecule has 0 radical (unpaired) electrons. The fraction of sp³-hybridized carbons (Fsp3) is 1.00. The first-order chi connectivity index (χ1) is 3.84. The lowest BCUT2D eigenvalue weighted by molar-refractivity contribution is 0.366. The standard InChI is InChI=1S/C7H14O/c1-3-4-5-7-6(2)8-7/h6-7H,3-5H2,1-2H3/t6?,7-/m0/s1. The van der Waals surface area contributed by atoms with Gasteiger partial charge in [0.1, 0.15) is 0 Å². The van der Waals surface area contributed by atoms with Gasteiger partial charge < -0.3 is 4.74 Å². The number of hydrogen-bond donors (Lipinski definition) is 0. The summed E-state index contributed by atoms with van der Waals surface area (Å²) in [6.07, 6.45) is 5.09. The Labute approximate surface area is 51.0 Å². The fourth-order valence-corrected chi connectivity index (χ4v) is 0.938. The van der Waals surface area contributed by atoms with Crippen LogP contribution in [0.25, 0.3) is 0 Å². The van der Waals surface area contributed by atoms with Gasteiger partial charge in [0.2, 0.25) is 0 Å². The molecule has 1 unspecified atom stereocenters. The molecular formula is C7H14O.